The maximum atomic E-state index is 6.18. The van der Waals surface area contributed by atoms with Gasteiger partial charge in [0.15, 0.2) is 0 Å². The molecule has 0 saturated heterocycles. The minimum atomic E-state index is 0.00641. The smallest absolute Gasteiger partial charge is 0.0559 e. The van der Waals surface area contributed by atoms with Crippen LogP contribution in [-0.4, -0.2) is 5.75 Å². The minimum absolute atomic E-state index is 0.00641. The van der Waals surface area contributed by atoms with Gasteiger partial charge < -0.3 is 5.73 Å². The van der Waals surface area contributed by atoms with Crippen molar-refractivity contribution >= 4 is 23.1 Å². The van der Waals surface area contributed by atoms with Gasteiger partial charge in [0.2, 0.25) is 0 Å². The van der Waals surface area contributed by atoms with Gasteiger partial charge in [0.1, 0.15) is 0 Å². The van der Waals surface area contributed by atoms with Crippen LogP contribution in [0, 0.1) is 0 Å². The molecule has 0 aliphatic heterocycles. The normalized spacial score (nSPS) is 12.6. The summed E-state index contributed by atoms with van der Waals surface area (Å²) in [5, 5.41) is 4.18. The fraction of sp³-hybridized carbons (Fsp3) is 0.231. The summed E-state index contributed by atoms with van der Waals surface area (Å²) in [6, 6.07) is 10.6. The number of benzene rings is 1. The van der Waals surface area contributed by atoms with E-state index < -0.39 is 0 Å². The van der Waals surface area contributed by atoms with Gasteiger partial charge in [-0.05, 0) is 45.8 Å². The number of hydrogen-bond acceptors (Lipinski definition) is 3. The second-order valence-corrected chi connectivity index (χ2v) is 5.65. The van der Waals surface area contributed by atoms with E-state index in [9.17, 15) is 0 Å². The van der Waals surface area contributed by atoms with Gasteiger partial charge in [-0.25, -0.2) is 0 Å². The van der Waals surface area contributed by atoms with Gasteiger partial charge in [-0.1, -0.05) is 19.1 Å². The average Bonchev–Trinajstić information content (AvgIpc) is 2.83. The summed E-state index contributed by atoms with van der Waals surface area (Å²) in [5.41, 5.74) is 8.56. The second-order valence-electron chi connectivity index (χ2n) is 3.54. The summed E-state index contributed by atoms with van der Waals surface area (Å²) in [7, 11) is 0. The van der Waals surface area contributed by atoms with Crippen LogP contribution in [0.25, 0.3) is 0 Å². The summed E-state index contributed by atoms with van der Waals surface area (Å²) in [6.45, 7) is 2.16. The topological polar surface area (TPSA) is 26.0 Å². The molecule has 0 spiro atoms. The highest BCUT2D eigenvalue weighted by molar-refractivity contribution is 7.99. The van der Waals surface area contributed by atoms with Gasteiger partial charge in [-0.3, -0.25) is 0 Å². The van der Waals surface area contributed by atoms with E-state index in [0.29, 0.717) is 0 Å². The quantitative estimate of drug-likeness (QED) is 0.831. The van der Waals surface area contributed by atoms with Crippen LogP contribution >= 0.6 is 23.1 Å². The third kappa shape index (κ3) is 2.67. The van der Waals surface area contributed by atoms with Crippen molar-refractivity contribution in [1.29, 1.82) is 0 Å². The SMILES string of the molecule is CCSc1ccc([C@@H](N)c2ccsc2)cc1. The standard InChI is InChI=1S/C13H15NS2/c1-2-16-12-5-3-10(4-6-12)13(14)11-7-8-15-9-11/h3-9,13H,2,14H2,1H3/t13-/m1/s1. The molecule has 0 amide bonds. The molecule has 0 bridgehead atoms. The molecule has 16 heavy (non-hydrogen) atoms. The Morgan fingerprint density at radius 2 is 1.94 bits per heavy atom. The van der Waals surface area contributed by atoms with Gasteiger partial charge in [0, 0.05) is 4.90 Å². The third-order valence-corrected chi connectivity index (χ3v) is 4.05. The molecule has 0 radical (unpaired) electrons. The van der Waals surface area contributed by atoms with Crippen molar-refractivity contribution in [2.24, 2.45) is 5.73 Å². The number of thioether (sulfide) groups is 1. The van der Waals surface area contributed by atoms with E-state index in [2.05, 4.69) is 48.0 Å². The molecule has 84 valence electrons. The molecular weight excluding hydrogens is 234 g/mol. The Kier molecular flexibility index (Phi) is 4.04. The van der Waals surface area contributed by atoms with E-state index in [1.807, 2.05) is 11.8 Å². The summed E-state index contributed by atoms with van der Waals surface area (Å²) >= 11 is 3.54. The molecular formula is C13H15NS2. The van der Waals surface area contributed by atoms with Crippen molar-refractivity contribution in [3.63, 3.8) is 0 Å². The van der Waals surface area contributed by atoms with Gasteiger partial charge in [-0.15, -0.1) is 11.8 Å². The first-order valence-corrected chi connectivity index (χ1v) is 7.24. The average molecular weight is 249 g/mol. The molecule has 1 atom stereocenters. The maximum absolute atomic E-state index is 6.18. The lowest BCUT2D eigenvalue weighted by Crippen LogP contribution is -2.10. The van der Waals surface area contributed by atoms with Crippen molar-refractivity contribution in [3.05, 3.63) is 52.2 Å². The summed E-state index contributed by atoms with van der Waals surface area (Å²) in [5.74, 6) is 1.11. The van der Waals surface area contributed by atoms with Crippen LogP contribution in [0.2, 0.25) is 0 Å². The molecule has 0 aliphatic rings. The molecule has 0 fully saturated rings. The number of nitrogens with two attached hydrogens (primary N) is 1. The fourth-order valence-electron chi connectivity index (χ4n) is 1.58. The van der Waals surface area contributed by atoms with E-state index in [0.717, 1.165) is 5.75 Å². The molecule has 0 saturated carbocycles. The Bertz CT molecular complexity index is 420. The first kappa shape index (κ1) is 11.7. The van der Waals surface area contributed by atoms with Crippen LogP contribution < -0.4 is 5.73 Å². The Labute approximate surface area is 105 Å². The fourth-order valence-corrected chi connectivity index (χ4v) is 2.94. The zero-order valence-electron chi connectivity index (χ0n) is 9.22. The molecule has 2 aromatic rings. The summed E-state index contributed by atoms with van der Waals surface area (Å²) in [4.78, 5) is 1.31. The third-order valence-electron chi connectivity index (χ3n) is 2.45. The summed E-state index contributed by atoms with van der Waals surface area (Å²) < 4.78 is 0. The highest BCUT2D eigenvalue weighted by Crippen LogP contribution is 2.24. The van der Waals surface area contributed by atoms with Crippen molar-refractivity contribution in [1.82, 2.24) is 0 Å². The van der Waals surface area contributed by atoms with Crippen LogP contribution in [0.3, 0.4) is 0 Å². The largest absolute Gasteiger partial charge is 0.320 e. The lowest BCUT2D eigenvalue weighted by molar-refractivity contribution is 0.875. The van der Waals surface area contributed by atoms with Crippen molar-refractivity contribution in [3.8, 4) is 0 Å². The van der Waals surface area contributed by atoms with Crippen LogP contribution in [0.5, 0.6) is 0 Å². The Hall–Kier alpha value is -0.770. The van der Waals surface area contributed by atoms with Crippen molar-refractivity contribution in [2.45, 2.75) is 17.9 Å². The van der Waals surface area contributed by atoms with E-state index in [1.54, 1.807) is 11.3 Å². The molecule has 2 N–H and O–H groups in total. The van der Waals surface area contributed by atoms with Gasteiger partial charge in [0.05, 0.1) is 6.04 Å². The number of thiophene rings is 1. The zero-order chi connectivity index (χ0) is 11.4. The highest BCUT2D eigenvalue weighted by atomic mass is 32.2. The van der Waals surface area contributed by atoms with Crippen LogP contribution in [0.1, 0.15) is 24.1 Å². The number of rotatable bonds is 4. The predicted octanol–water partition coefficient (Wildman–Crippen LogP) is 3.91. The van der Waals surface area contributed by atoms with Crippen LogP contribution in [0.4, 0.5) is 0 Å². The molecule has 1 heterocycles. The van der Waals surface area contributed by atoms with Crippen molar-refractivity contribution in [2.75, 3.05) is 5.75 Å². The number of hydrogen-bond donors (Lipinski definition) is 1. The Balaban J connectivity index is 2.15. The lowest BCUT2D eigenvalue weighted by Gasteiger charge is -2.10. The first-order valence-electron chi connectivity index (χ1n) is 5.31. The lowest BCUT2D eigenvalue weighted by atomic mass is 10.0. The summed E-state index contributed by atoms with van der Waals surface area (Å²) in [6.07, 6.45) is 0. The van der Waals surface area contributed by atoms with Crippen LogP contribution in [0.15, 0.2) is 46.0 Å². The van der Waals surface area contributed by atoms with E-state index in [-0.39, 0.29) is 6.04 Å². The van der Waals surface area contributed by atoms with Gasteiger partial charge in [-0.2, -0.15) is 11.3 Å². The molecule has 0 unspecified atom stereocenters. The predicted molar refractivity (Wildman–Crippen MR) is 73.2 cm³/mol. The molecule has 0 aliphatic carbocycles. The monoisotopic (exact) mass is 249 g/mol. The van der Waals surface area contributed by atoms with E-state index in [4.69, 9.17) is 5.73 Å². The van der Waals surface area contributed by atoms with Gasteiger partial charge >= 0.3 is 0 Å². The molecule has 1 nitrogen and oxygen atoms in total. The highest BCUT2D eigenvalue weighted by Gasteiger charge is 2.08. The first-order chi connectivity index (χ1) is 7.81. The van der Waals surface area contributed by atoms with Crippen molar-refractivity contribution < 1.29 is 0 Å². The molecule has 1 aromatic heterocycles. The van der Waals surface area contributed by atoms with Gasteiger partial charge in [0.25, 0.3) is 0 Å². The molecule has 1 aromatic carbocycles. The van der Waals surface area contributed by atoms with E-state index >= 15 is 0 Å². The molecule has 3 heteroatoms. The second kappa shape index (κ2) is 5.53. The maximum Gasteiger partial charge on any atom is 0.0559 e. The Morgan fingerprint density at radius 1 is 1.19 bits per heavy atom. The van der Waals surface area contributed by atoms with Crippen LogP contribution in [-0.2, 0) is 0 Å². The van der Waals surface area contributed by atoms with E-state index in [1.165, 1.54) is 16.0 Å². The minimum Gasteiger partial charge on any atom is -0.320 e. The molecule has 2 rings (SSSR count). The Morgan fingerprint density at radius 3 is 2.50 bits per heavy atom. The zero-order valence-corrected chi connectivity index (χ0v) is 10.9.